The molecule has 3 N–H and O–H groups in total. The number of allylic oxidation sites excluding steroid dienone is 2. The first-order valence-corrected chi connectivity index (χ1v) is 16.1. The molecular formula is C35H31BClFN2O8. The Morgan fingerprint density at radius 1 is 0.958 bits per heavy atom. The van der Waals surface area contributed by atoms with Gasteiger partial charge in [-0.2, -0.15) is 0 Å². The highest BCUT2D eigenvalue weighted by molar-refractivity contribution is 6.58. The third-order valence-electron chi connectivity index (χ3n) is 10.5. The number of nitrogens with zero attached hydrogens (tertiary/aromatic N) is 2. The van der Waals surface area contributed by atoms with Gasteiger partial charge in [-0.3, -0.25) is 24.1 Å². The average molecular weight is 673 g/mol. The molecule has 3 aromatic rings. The van der Waals surface area contributed by atoms with Crippen molar-refractivity contribution in [3.63, 3.8) is 0 Å². The molecule has 0 bridgehead atoms. The maximum Gasteiger partial charge on any atom is 0.488 e. The zero-order valence-electron chi connectivity index (χ0n) is 26.0. The molecule has 3 fully saturated rings. The first-order chi connectivity index (χ1) is 22.9. The summed E-state index contributed by atoms with van der Waals surface area (Å²) >= 11 is 6.07. The highest BCUT2D eigenvalue weighted by atomic mass is 35.5. The number of halogens is 2. The maximum absolute atomic E-state index is 14.6. The summed E-state index contributed by atoms with van der Waals surface area (Å²) in [7, 11) is -1.81. The lowest BCUT2D eigenvalue weighted by Gasteiger charge is -2.49. The average Bonchev–Trinajstić information content (AvgIpc) is 3.43. The van der Waals surface area contributed by atoms with Gasteiger partial charge in [0.2, 0.25) is 23.6 Å². The maximum atomic E-state index is 14.6. The second-order valence-corrected chi connectivity index (χ2v) is 13.3. The fourth-order valence-corrected chi connectivity index (χ4v) is 8.53. The number of hydrogen-bond acceptors (Lipinski definition) is 8. The summed E-state index contributed by atoms with van der Waals surface area (Å²) < 4.78 is 19.8. The van der Waals surface area contributed by atoms with Crippen molar-refractivity contribution in [1.29, 1.82) is 0 Å². The van der Waals surface area contributed by atoms with Gasteiger partial charge in [0.1, 0.15) is 5.82 Å². The number of carbonyl (C=O) groups excluding carboxylic acids is 4. The number of ether oxygens (including phenoxy) is 1. The van der Waals surface area contributed by atoms with Crippen molar-refractivity contribution in [1.82, 2.24) is 0 Å². The van der Waals surface area contributed by atoms with Crippen LogP contribution in [-0.4, -0.2) is 52.5 Å². The third kappa shape index (κ3) is 4.53. The van der Waals surface area contributed by atoms with Gasteiger partial charge in [-0.05, 0) is 74.5 Å². The van der Waals surface area contributed by atoms with Crippen LogP contribution in [0.3, 0.4) is 0 Å². The molecule has 1 saturated carbocycles. The van der Waals surface area contributed by atoms with Crippen molar-refractivity contribution < 1.29 is 43.5 Å². The summed E-state index contributed by atoms with van der Waals surface area (Å²) in [6, 6.07) is 14.4. The number of anilines is 2. The molecule has 6 unspecified atom stereocenters. The lowest BCUT2D eigenvalue weighted by Crippen LogP contribution is -2.49. The number of hydrogen-bond donors (Lipinski definition) is 3. The number of amides is 4. The van der Waals surface area contributed by atoms with Gasteiger partial charge < -0.3 is 19.9 Å². The fraction of sp³-hybridized carbons (Fsp3) is 0.314. The summed E-state index contributed by atoms with van der Waals surface area (Å²) in [5, 5.41) is 30.7. The van der Waals surface area contributed by atoms with Crippen molar-refractivity contribution in [3.05, 3.63) is 88.7 Å². The molecule has 4 aliphatic rings. The van der Waals surface area contributed by atoms with Gasteiger partial charge in [0.25, 0.3) is 0 Å². The van der Waals surface area contributed by atoms with Crippen molar-refractivity contribution >= 4 is 59.2 Å². The number of aromatic hydroxyl groups is 1. The van der Waals surface area contributed by atoms with Crippen LogP contribution in [0.25, 0.3) is 0 Å². The predicted octanol–water partition coefficient (Wildman–Crippen LogP) is 3.70. The number of phenolic OH excluding ortho intramolecular Hbond substituents is 1. The molecule has 246 valence electrons. The highest BCUT2D eigenvalue weighted by Crippen LogP contribution is 2.65. The quantitative estimate of drug-likeness (QED) is 0.204. The Kier molecular flexibility index (Phi) is 7.73. The van der Waals surface area contributed by atoms with E-state index in [9.17, 15) is 38.7 Å². The number of carbonyl (C=O) groups is 4. The molecule has 2 heterocycles. The van der Waals surface area contributed by atoms with E-state index in [1.54, 1.807) is 32.0 Å². The Morgan fingerprint density at radius 3 is 2.40 bits per heavy atom. The Balaban J connectivity index is 1.37. The number of fused-ring (bicyclic) bond motifs is 4. The Bertz CT molecular complexity index is 1940. The van der Waals surface area contributed by atoms with Crippen molar-refractivity contribution in [2.24, 2.45) is 29.1 Å². The Hall–Kier alpha value is -4.52. The SMILES string of the molecule is CCOc1cccc(C2C3=CCC4C(=O)N(c5cccc(B(O)O)c5)C(=O)C4C3CC3C(=O)N(c4ccc(F)c(Cl)c4)C(=O)C32C)c1O. The van der Waals surface area contributed by atoms with Crippen LogP contribution in [0.2, 0.25) is 5.02 Å². The lowest BCUT2D eigenvalue weighted by atomic mass is 9.51. The zero-order valence-corrected chi connectivity index (χ0v) is 26.7. The molecule has 6 atom stereocenters. The molecule has 0 radical (unpaired) electrons. The molecule has 2 aliphatic heterocycles. The number of benzene rings is 3. The standard InChI is InChI=1S/C35H31BClFN2O8/c1-3-48-27-9-5-8-22(30(27)41)29-20-11-12-21-28(33(44)39(31(21)42)18-7-4-6-17(14-18)36(46)47)23(20)16-24-32(43)40(34(45)35(24,29)2)19-10-13-26(38)25(37)15-19/h4-11,13-15,21,23-24,28-29,41,46-47H,3,12,16H2,1-2H3. The van der Waals surface area contributed by atoms with Crippen LogP contribution in [-0.2, 0) is 19.2 Å². The van der Waals surface area contributed by atoms with Crippen LogP contribution in [0.15, 0.2) is 72.3 Å². The number of imide groups is 2. The minimum absolute atomic E-state index is 0.0597. The van der Waals surface area contributed by atoms with Crippen LogP contribution in [0.5, 0.6) is 11.5 Å². The van der Waals surface area contributed by atoms with E-state index in [1.165, 1.54) is 36.4 Å². The Morgan fingerprint density at radius 2 is 1.69 bits per heavy atom. The number of rotatable bonds is 6. The molecule has 3 aromatic carbocycles. The molecule has 4 amide bonds. The summed E-state index contributed by atoms with van der Waals surface area (Å²) in [5.41, 5.74) is -0.0693. The molecule has 48 heavy (non-hydrogen) atoms. The van der Waals surface area contributed by atoms with Gasteiger partial charge >= 0.3 is 7.12 Å². The van der Waals surface area contributed by atoms with Gasteiger partial charge in [-0.15, -0.1) is 0 Å². The summed E-state index contributed by atoms with van der Waals surface area (Å²) in [6.45, 7) is 3.69. The number of phenols is 1. The van der Waals surface area contributed by atoms with Crippen LogP contribution < -0.4 is 20.0 Å². The largest absolute Gasteiger partial charge is 0.504 e. The van der Waals surface area contributed by atoms with Crippen LogP contribution in [0.4, 0.5) is 15.8 Å². The monoisotopic (exact) mass is 672 g/mol. The van der Waals surface area contributed by atoms with E-state index < -0.39 is 71.6 Å². The van der Waals surface area contributed by atoms with E-state index in [0.717, 1.165) is 15.9 Å². The van der Waals surface area contributed by atoms with Crippen molar-refractivity contribution in [2.45, 2.75) is 32.6 Å². The zero-order chi connectivity index (χ0) is 34.2. The van der Waals surface area contributed by atoms with E-state index in [-0.39, 0.29) is 52.8 Å². The second kappa shape index (κ2) is 11.6. The second-order valence-electron chi connectivity index (χ2n) is 12.9. The van der Waals surface area contributed by atoms with Crippen LogP contribution in [0.1, 0.15) is 38.2 Å². The number of para-hydroxylation sites is 1. The van der Waals surface area contributed by atoms with E-state index in [4.69, 9.17) is 16.3 Å². The molecule has 0 spiro atoms. The minimum atomic E-state index is -1.81. The van der Waals surface area contributed by atoms with Crippen molar-refractivity contribution in [2.75, 3.05) is 16.4 Å². The highest BCUT2D eigenvalue weighted by Gasteiger charge is 2.68. The fourth-order valence-electron chi connectivity index (χ4n) is 8.35. The normalized spacial score (nSPS) is 27.9. The van der Waals surface area contributed by atoms with Crippen LogP contribution in [0, 0.1) is 34.9 Å². The topological polar surface area (TPSA) is 145 Å². The van der Waals surface area contributed by atoms with Crippen LogP contribution >= 0.6 is 11.6 Å². The summed E-state index contributed by atoms with van der Waals surface area (Å²) in [6.07, 6.45) is 2.08. The lowest BCUT2D eigenvalue weighted by molar-refractivity contribution is -0.131. The van der Waals surface area contributed by atoms with E-state index in [1.807, 2.05) is 6.08 Å². The molecule has 2 aliphatic carbocycles. The molecule has 10 nitrogen and oxygen atoms in total. The van der Waals surface area contributed by atoms with Gasteiger partial charge in [-0.1, -0.05) is 47.5 Å². The molecule has 7 rings (SSSR count). The van der Waals surface area contributed by atoms with Crippen molar-refractivity contribution in [3.8, 4) is 11.5 Å². The first kappa shape index (κ1) is 32.1. The smallest absolute Gasteiger partial charge is 0.488 e. The van der Waals surface area contributed by atoms with Gasteiger partial charge in [0, 0.05) is 11.5 Å². The molecule has 2 saturated heterocycles. The van der Waals surface area contributed by atoms with Gasteiger partial charge in [0.05, 0.1) is 46.2 Å². The predicted molar refractivity (Wildman–Crippen MR) is 174 cm³/mol. The first-order valence-electron chi connectivity index (χ1n) is 15.7. The third-order valence-corrected chi connectivity index (χ3v) is 10.8. The summed E-state index contributed by atoms with van der Waals surface area (Å²) in [4.78, 5) is 59.1. The van der Waals surface area contributed by atoms with Gasteiger partial charge in [0.15, 0.2) is 11.5 Å². The summed E-state index contributed by atoms with van der Waals surface area (Å²) in [5.74, 6) is -7.00. The Labute approximate surface area is 280 Å². The van der Waals surface area contributed by atoms with E-state index >= 15 is 0 Å². The molecule has 13 heteroatoms. The van der Waals surface area contributed by atoms with E-state index in [0.29, 0.717) is 11.1 Å². The van der Waals surface area contributed by atoms with Gasteiger partial charge in [-0.25, -0.2) is 9.29 Å². The molecule has 0 aromatic heterocycles. The molecular weight excluding hydrogens is 642 g/mol. The minimum Gasteiger partial charge on any atom is -0.504 e. The van der Waals surface area contributed by atoms with E-state index in [2.05, 4.69) is 0 Å².